The van der Waals surface area contributed by atoms with Crippen molar-refractivity contribution in [3.05, 3.63) is 17.0 Å². The van der Waals surface area contributed by atoms with Crippen molar-refractivity contribution in [2.45, 2.75) is 33.2 Å². The van der Waals surface area contributed by atoms with Gasteiger partial charge in [0.25, 0.3) is 0 Å². The predicted molar refractivity (Wildman–Crippen MR) is 73.3 cm³/mol. The summed E-state index contributed by atoms with van der Waals surface area (Å²) in [5, 5.41) is 4.25. The Morgan fingerprint density at radius 1 is 1.33 bits per heavy atom. The summed E-state index contributed by atoms with van der Waals surface area (Å²) in [4.78, 5) is 0. The second kappa shape index (κ2) is 6.54. The molecule has 0 radical (unpaired) electrons. The number of halogens is 1. The summed E-state index contributed by atoms with van der Waals surface area (Å²) in [6.07, 6.45) is 1.30. The van der Waals surface area contributed by atoms with Gasteiger partial charge in [0.1, 0.15) is 0 Å². The molecule has 1 heterocycles. The van der Waals surface area contributed by atoms with Crippen LogP contribution in [0.15, 0.2) is 0 Å². The fourth-order valence-electron chi connectivity index (χ4n) is 1.71. The first-order valence-corrected chi connectivity index (χ1v) is 8.08. The van der Waals surface area contributed by atoms with Gasteiger partial charge in [0.2, 0.25) is 10.0 Å². The number of hydrogen-bond donors (Lipinski definition) is 1. The van der Waals surface area contributed by atoms with Gasteiger partial charge in [-0.2, -0.15) is 5.10 Å². The van der Waals surface area contributed by atoms with Crippen LogP contribution < -0.4 is 4.72 Å². The average molecular weight is 294 g/mol. The number of aryl methyl sites for hydroxylation is 2. The van der Waals surface area contributed by atoms with E-state index >= 15 is 0 Å². The number of rotatable bonds is 7. The summed E-state index contributed by atoms with van der Waals surface area (Å²) in [6.45, 7) is 4.11. The summed E-state index contributed by atoms with van der Waals surface area (Å²) < 4.78 is 27.8. The van der Waals surface area contributed by atoms with Gasteiger partial charge in [-0.05, 0) is 26.7 Å². The predicted octanol–water partition coefficient (Wildman–Crippen LogP) is 1.48. The Hall–Kier alpha value is -0.590. The zero-order chi connectivity index (χ0) is 13.8. The Morgan fingerprint density at radius 3 is 2.50 bits per heavy atom. The van der Waals surface area contributed by atoms with Crippen LogP contribution in [-0.2, 0) is 23.6 Å². The molecule has 0 amide bonds. The van der Waals surface area contributed by atoms with E-state index in [2.05, 4.69) is 9.82 Å². The number of unbranched alkanes of at least 4 members (excludes halogenated alkanes) is 1. The fraction of sp³-hybridized carbons (Fsp3) is 0.727. The van der Waals surface area contributed by atoms with E-state index in [1.165, 1.54) is 0 Å². The molecule has 7 heteroatoms. The molecular weight excluding hydrogens is 274 g/mol. The lowest BCUT2D eigenvalue weighted by molar-refractivity contribution is 0.577. The Balaban J connectivity index is 2.59. The summed E-state index contributed by atoms with van der Waals surface area (Å²) in [7, 11) is -1.37. The maximum atomic E-state index is 11.7. The minimum atomic E-state index is -3.22. The fourth-order valence-corrected chi connectivity index (χ4v) is 3.00. The molecule has 0 aliphatic heterocycles. The minimum absolute atomic E-state index is 0.123. The van der Waals surface area contributed by atoms with Gasteiger partial charge in [-0.25, -0.2) is 13.1 Å². The molecule has 104 valence electrons. The van der Waals surface area contributed by atoms with Crippen LogP contribution in [-0.4, -0.2) is 29.8 Å². The summed E-state index contributed by atoms with van der Waals surface area (Å²) in [5.74, 6) is 0.619. The third-order valence-electron chi connectivity index (χ3n) is 2.92. The molecule has 1 rings (SSSR count). The molecule has 0 spiro atoms. The van der Waals surface area contributed by atoms with E-state index in [4.69, 9.17) is 11.6 Å². The molecule has 1 aromatic rings. The molecule has 18 heavy (non-hydrogen) atoms. The van der Waals surface area contributed by atoms with E-state index in [0.29, 0.717) is 25.3 Å². The number of alkyl halides is 1. The monoisotopic (exact) mass is 293 g/mol. The van der Waals surface area contributed by atoms with Gasteiger partial charge in [-0.15, -0.1) is 11.6 Å². The van der Waals surface area contributed by atoms with E-state index in [9.17, 15) is 8.42 Å². The first-order valence-electron chi connectivity index (χ1n) is 5.89. The molecule has 1 aromatic heterocycles. The van der Waals surface area contributed by atoms with Crippen LogP contribution in [0.3, 0.4) is 0 Å². The van der Waals surface area contributed by atoms with Gasteiger partial charge in [-0.3, -0.25) is 4.68 Å². The second-order valence-corrected chi connectivity index (χ2v) is 6.61. The second-order valence-electron chi connectivity index (χ2n) is 4.31. The van der Waals surface area contributed by atoms with Crippen molar-refractivity contribution in [1.29, 1.82) is 0 Å². The molecule has 1 N–H and O–H groups in total. The summed E-state index contributed by atoms with van der Waals surface area (Å²) >= 11 is 5.52. The SMILES string of the molecule is Cc1nn(C)c(C)c1CNS(=O)(=O)CCCCCl. The Bertz CT molecular complexity index is 497. The van der Waals surface area contributed by atoms with Gasteiger partial charge < -0.3 is 0 Å². The van der Waals surface area contributed by atoms with Crippen LogP contribution in [0.4, 0.5) is 0 Å². The van der Waals surface area contributed by atoms with E-state index in [0.717, 1.165) is 17.0 Å². The van der Waals surface area contributed by atoms with Crippen LogP contribution in [0.2, 0.25) is 0 Å². The van der Waals surface area contributed by atoms with E-state index < -0.39 is 10.0 Å². The lowest BCUT2D eigenvalue weighted by Gasteiger charge is -2.06. The van der Waals surface area contributed by atoms with Crippen molar-refractivity contribution in [3.63, 3.8) is 0 Å². The van der Waals surface area contributed by atoms with Crippen molar-refractivity contribution >= 4 is 21.6 Å². The number of nitrogens with one attached hydrogen (secondary N) is 1. The molecule has 0 aliphatic rings. The normalized spacial score (nSPS) is 12.0. The van der Waals surface area contributed by atoms with Gasteiger partial charge in [-0.1, -0.05) is 0 Å². The molecule has 0 saturated heterocycles. The highest BCUT2D eigenvalue weighted by molar-refractivity contribution is 7.89. The Morgan fingerprint density at radius 2 is 2.00 bits per heavy atom. The van der Waals surface area contributed by atoms with Crippen LogP contribution in [0, 0.1) is 13.8 Å². The molecule has 0 aliphatic carbocycles. The lowest BCUT2D eigenvalue weighted by atomic mass is 10.2. The topological polar surface area (TPSA) is 64.0 Å². The Labute approximate surface area is 114 Å². The van der Waals surface area contributed by atoms with Gasteiger partial charge >= 0.3 is 0 Å². The molecule has 0 saturated carbocycles. The van der Waals surface area contributed by atoms with Crippen LogP contribution in [0.25, 0.3) is 0 Å². The van der Waals surface area contributed by atoms with E-state index in [1.54, 1.807) is 4.68 Å². The number of sulfonamides is 1. The van der Waals surface area contributed by atoms with Crippen molar-refractivity contribution < 1.29 is 8.42 Å². The highest BCUT2D eigenvalue weighted by Crippen LogP contribution is 2.11. The lowest BCUT2D eigenvalue weighted by Crippen LogP contribution is -2.26. The van der Waals surface area contributed by atoms with E-state index in [1.807, 2.05) is 20.9 Å². The largest absolute Gasteiger partial charge is 0.272 e. The average Bonchev–Trinajstić information content (AvgIpc) is 2.51. The van der Waals surface area contributed by atoms with Gasteiger partial charge in [0, 0.05) is 30.7 Å². The highest BCUT2D eigenvalue weighted by atomic mass is 35.5. The molecule has 0 atom stereocenters. The zero-order valence-corrected chi connectivity index (χ0v) is 12.6. The molecule has 0 bridgehead atoms. The van der Waals surface area contributed by atoms with Gasteiger partial charge in [0.15, 0.2) is 0 Å². The number of hydrogen-bond acceptors (Lipinski definition) is 3. The molecule has 0 aromatic carbocycles. The third kappa shape index (κ3) is 4.26. The summed E-state index contributed by atoms with van der Waals surface area (Å²) in [5.41, 5.74) is 2.79. The minimum Gasteiger partial charge on any atom is -0.272 e. The van der Waals surface area contributed by atoms with Crippen LogP contribution in [0.5, 0.6) is 0 Å². The van der Waals surface area contributed by atoms with Crippen molar-refractivity contribution in [2.75, 3.05) is 11.6 Å². The van der Waals surface area contributed by atoms with Crippen molar-refractivity contribution in [3.8, 4) is 0 Å². The number of nitrogens with zero attached hydrogens (tertiary/aromatic N) is 2. The maximum Gasteiger partial charge on any atom is 0.211 e. The molecule has 0 fully saturated rings. The first kappa shape index (κ1) is 15.5. The molecule has 5 nitrogen and oxygen atoms in total. The molecule has 0 unspecified atom stereocenters. The third-order valence-corrected chi connectivity index (χ3v) is 4.60. The smallest absolute Gasteiger partial charge is 0.211 e. The number of aromatic nitrogens is 2. The zero-order valence-electron chi connectivity index (χ0n) is 11.0. The van der Waals surface area contributed by atoms with Crippen molar-refractivity contribution in [1.82, 2.24) is 14.5 Å². The van der Waals surface area contributed by atoms with Crippen LogP contribution >= 0.6 is 11.6 Å². The van der Waals surface area contributed by atoms with E-state index in [-0.39, 0.29) is 5.75 Å². The van der Waals surface area contributed by atoms with Crippen molar-refractivity contribution in [2.24, 2.45) is 7.05 Å². The van der Waals surface area contributed by atoms with Gasteiger partial charge in [0.05, 0.1) is 11.4 Å². The Kier molecular flexibility index (Phi) is 5.62. The summed E-state index contributed by atoms with van der Waals surface area (Å²) in [6, 6.07) is 0. The highest BCUT2D eigenvalue weighted by Gasteiger charge is 2.14. The standard InChI is InChI=1S/C11H20ClN3O2S/c1-9-11(10(2)15(3)14-9)8-13-18(16,17)7-5-4-6-12/h13H,4-8H2,1-3H3. The molecular formula is C11H20ClN3O2S. The first-order chi connectivity index (χ1) is 8.37. The van der Waals surface area contributed by atoms with Crippen LogP contribution in [0.1, 0.15) is 29.8 Å². The maximum absolute atomic E-state index is 11.7. The quantitative estimate of drug-likeness (QED) is 0.612.